The number of nitrogens with zero attached hydrogens (tertiary/aromatic N) is 2. The van der Waals surface area contributed by atoms with E-state index < -0.39 is 0 Å². The monoisotopic (exact) mass is 318 g/mol. The molecular formula is C16H17ClN3S-. The lowest BCUT2D eigenvalue weighted by Gasteiger charge is -2.07. The van der Waals surface area contributed by atoms with E-state index in [1.807, 2.05) is 13.0 Å². The first-order valence-electron chi connectivity index (χ1n) is 6.81. The third-order valence-corrected chi connectivity index (χ3v) is 4.38. The van der Waals surface area contributed by atoms with Crippen LogP contribution in [-0.2, 0) is 13.0 Å². The largest absolute Gasteiger partial charge is 1.00 e. The number of aryl methyl sites for hydroxylation is 2. The molecule has 0 spiro atoms. The summed E-state index contributed by atoms with van der Waals surface area (Å²) in [6.45, 7) is 4.89. The van der Waals surface area contributed by atoms with Gasteiger partial charge in [-0.05, 0) is 25.0 Å². The van der Waals surface area contributed by atoms with Crippen molar-refractivity contribution in [2.45, 2.75) is 26.8 Å². The van der Waals surface area contributed by atoms with E-state index in [2.05, 4.69) is 52.5 Å². The fourth-order valence-electron chi connectivity index (χ4n) is 2.17. The summed E-state index contributed by atoms with van der Waals surface area (Å²) in [5, 5.41) is 4.57. The zero-order valence-electron chi connectivity index (χ0n) is 12.1. The minimum atomic E-state index is 0. The summed E-state index contributed by atoms with van der Waals surface area (Å²) < 4.78 is 0. The van der Waals surface area contributed by atoms with Gasteiger partial charge in [0.25, 0.3) is 0 Å². The molecular weight excluding hydrogens is 302 g/mol. The first-order valence-corrected chi connectivity index (χ1v) is 7.62. The van der Waals surface area contributed by atoms with Crippen LogP contribution in [0.15, 0.2) is 36.4 Å². The second-order valence-corrected chi connectivity index (χ2v) is 5.86. The van der Waals surface area contributed by atoms with Crippen LogP contribution in [0.25, 0.3) is 10.2 Å². The van der Waals surface area contributed by atoms with Crippen molar-refractivity contribution < 1.29 is 12.4 Å². The zero-order valence-corrected chi connectivity index (χ0v) is 13.6. The van der Waals surface area contributed by atoms with Crippen LogP contribution < -0.4 is 17.7 Å². The zero-order chi connectivity index (χ0) is 13.9. The highest BCUT2D eigenvalue weighted by atomic mass is 35.5. The van der Waals surface area contributed by atoms with Gasteiger partial charge in [-0.3, -0.25) is 0 Å². The van der Waals surface area contributed by atoms with Gasteiger partial charge in [0.2, 0.25) is 0 Å². The molecule has 1 N–H and O–H groups in total. The first kappa shape index (κ1) is 15.7. The van der Waals surface area contributed by atoms with Crippen molar-refractivity contribution in [3.05, 3.63) is 52.7 Å². The molecule has 21 heavy (non-hydrogen) atoms. The smallest absolute Gasteiger partial charge is 0.138 e. The second-order valence-electron chi connectivity index (χ2n) is 4.74. The van der Waals surface area contributed by atoms with E-state index in [4.69, 9.17) is 0 Å². The number of anilines is 1. The number of nitrogens with one attached hydrogen (secondary N) is 1. The molecule has 0 radical (unpaired) electrons. The predicted molar refractivity (Wildman–Crippen MR) is 85.3 cm³/mol. The van der Waals surface area contributed by atoms with Crippen molar-refractivity contribution in [3.8, 4) is 0 Å². The van der Waals surface area contributed by atoms with E-state index in [0.717, 1.165) is 34.8 Å². The van der Waals surface area contributed by atoms with Crippen LogP contribution in [-0.4, -0.2) is 9.97 Å². The molecule has 2 aromatic heterocycles. The molecule has 0 aliphatic heterocycles. The SMILES string of the molecule is CCc1cc2c(NCc3ccccc3)nc(C)nc2s1.[Cl-]. The average Bonchev–Trinajstić information content (AvgIpc) is 2.88. The maximum absolute atomic E-state index is 4.55. The minimum Gasteiger partial charge on any atom is -1.00 e. The molecule has 0 amide bonds. The average molecular weight is 319 g/mol. The van der Waals surface area contributed by atoms with Gasteiger partial charge in [0.05, 0.1) is 5.39 Å². The van der Waals surface area contributed by atoms with E-state index in [0.29, 0.717) is 0 Å². The van der Waals surface area contributed by atoms with Crippen molar-refractivity contribution in [2.24, 2.45) is 0 Å². The summed E-state index contributed by atoms with van der Waals surface area (Å²) in [7, 11) is 0. The summed E-state index contributed by atoms with van der Waals surface area (Å²) in [4.78, 5) is 11.5. The number of rotatable bonds is 4. The third-order valence-electron chi connectivity index (χ3n) is 3.21. The number of halogens is 1. The molecule has 5 heteroatoms. The fraction of sp³-hybridized carbons (Fsp3) is 0.250. The Morgan fingerprint density at radius 1 is 1.14 bits per heavy atom. The molecule has 0 unspecified atom stereocenters. The molecule has 0 bridgehead atoms. The van der Waals surface area contributed by atoms with Gasteiger partial charge in [-0.1, -0.05) is 37.3 Å². The standard InChI is InChI=1S/C16H17N3S.ClH/c1-3-13-9-14-15(18-11(2)19-16(14)20-13)17-10-12-7-5-4-6-8-12;/h4-9H,3,10H2,1-2H3,(H,17,18,19);1H/p-1. The highest BCUT2D eigenvalue weighted by Gasteiger charge is 2.09. The Morgan fingerprint density at radius 2 is 1.90 bits per heavy atom. The summed E-state index contributed by atoms with van der Waals surface area (Å²) in [6.07, 6.45) is 1.04. The first-order chi connectivity index (χ1) is 9.76. The van der Waals surface area contributed by atoms with Gasteiger partial charge in [0, 0.05) is 11.4 Å². The van der Waals surface area contributed by atoms with Crippen LogP contribution in [0.1, 0.15) is 23.2 Å². The van der Waals surface area contributed by atoms with Crippen LogP contribution in [0, 0.1) is 6.92 Å². The van der Waals surface area contributed by atoms with E-state index in [1.165, 1.54) is 10.4 Å². The molecule has 2 heterocycles. The molecule has 110 valence electrons. The molecule has 3 nitrogen and oxygen atoms in total. The molecule has 1 aromatic carbocycles. The van der Waals surface area contributed by atoms with E-state index in [9.17, 15) is 0 Å². The van der Waals surface area contributed by atoms with Crippen molar-refractivity contribution >= 4 is 27.4 Å². The van der Waals surface area contributed by atoms with Gasteiger partial charge in [0.1, 0.15) is 16.5 Å². The van der Waals surface area contributed by atoms with E-state index in [1.54, 1.807) is 11.3 Å². The Bertz CT molecular complexity index is 725. The van der Waals surface area contributed by atoms with Crippen LogP contribution in [0.4, 0.5) is 5.82 Å². The Labute approximate surface area is 134 Å². The van der Waals surface area contributed by atoms with Gasteiger partial charge in [-0.2, -0.15) is 0 Å². The molecule has 0 atom stereocenters. The lowest BCUT2D eigenvalue weighted by molar-refractivity contribution is -0.00000422. The number of thiophene rings is 1. The van der Waals surface area contributed by atoms with Crippen molar-refractivity contribution in [1.29, 1.82) is 0 Å². The van der Waals surface area contributed by atoms with Crippen LogP contribution >= 0.6 is 11.3 Å². The summed E-state index contributed by atoms with van der Waals surface area (Å²) in [6, 6.07) is 12.6. The molecule has 3 rings (SSSR count). The Morgan fingerprint density at radius 3 is 2.62 bits per heavy atom. The molecule has 0 aliphatic carbocycles. The third kappa shape index (κ3) is 3.52. The lowest BCUT2D eigenvalue weighted by Crippen LogP contribution is -3.00. The number of benzene rings is 1. The van der Waals surface area contributed by atoms with E-state index >= 15 is 0 Å². The van der Waals surface area contributed by atoms with Gasteiger partial charge >= 0.3 is 0 Å². The van der Waals surface area contributed by atoms with Gasteiger partial charge < -0.3 is 17.7 Å². The van der Waals surface area contributed by atoms with Crippen molar-refractivity contribution in [2.75, 3.05) is 5.32 Å². The van der Waals surface area contributed by atoms with Gasteiger partial charge in [-0.15, -0.1) is 11.3 Å². The maximum atomic E-state index is 4.55. The van der Waals surface area contributed by atoms with Crippen molar-refractivity contribution in [1.82, 2.24) is 9.97 Å². The van der Waals surface area contributed by atoms with Crippen molar-refractivity contribution in [3.63, 3.8) is 0 Å². The normalized spacial score (nSPS) is 10.4. The maximum Gasteiger partial charge on any atom is 0.138 e. The predicted octanol–water partition coefficient (Wildman–Crippen LogP) is 1.18. The van der Waals surface area contributed by atoms with Gasteiger partial charge in [-0.25, -0.2) is 9.97 Å². The van der Waals surface area contributed by atoms with Crippen LogP contribution in [0.3, 0.4) is 0 Å². The lowest BCUT2D eigenvalue weighted by atomic mass is 10.2. The highest BCUT2D eigenvalue weighted by molar-refractivity contribution is 7.18. The molecule has 0 aliphatic rings. The summed E-state index contributed by atoms with van der Waals surface area (Å²) >= 11 is 1.76. The van der Waals surface area contributed by atoms with Crippen LogP contribution in [0.5, 0.6) is 0 Å². The quantitative estimate of drug-likeness (QED) is 0.785. The molecule has 0 saturated carbocycles. The van der Waals surface area contributed by atoms with Crippen LogP contribution in [0.2, 0.25) is 0 Å². The number of hydrogen-bond acceptors (Lipinski definition) is 4. The molecule has 0 fully saturated rings. The van der Waals surface area contributed by atoms with Gasteiger partial charge in [0.15, 0.2) is 0 Å². The number of aromatic nitrogens is 2. The van der Waals surface area contributed by atoms with E-state index in [-0.39, 0.29) is 12.4 Å². The highest BCUT2D eigenvalue weighted by Crippen LogP contribution is 2.29. The molecule has 0 saturated heterocycles. The number of hydrogen-bond donors (Lipinski definition) is 1. The Balaban J connectivity index is 0.00000161. The molecule has 3 aromatic rings. The minimum absolute atomic E-state index is 0. The topological polar surface area (TPSA) is 37.8 Å². The number of fused-ring (bicyclic) bond motifs is 1. The summed E-state index contributed by atoms with van der Waals surface area (Å²) in [5.74, 6) is 1.75. The Kier molecular flexibility index (Phi) is 5.15. The summed E-state index contributed by atoms with van der Waals surface area (Å²) in [5.41, 5.74) is 1.25. The second kappa shape index (κ2) is 6.87. The fourth-order valence-corrected chi connectivity index (χ4v) is 3.18. The Hall–Kier alpha value is -1.65.